The summed E-state index contributed by atoms with van der Waals surface area (Å²) in [6.45, 7) is 0.0186. The molecule has 1 heterocycles. The van der Waals surface area contributed by atoms with Gasteiger partial charge in [0.25, 0.3) is 0 Å². The monoisotopic (exact) mass is 484 g/mol. The largest absolute Gasteiger partial charge is 0.493 e. The average molecular weight is 485 g/mol. The number of rotatable bonds is 9. The molecule has 1 aromatic carbocycles. The number of hydrogen-bond donors (Lipinski definition) is 1. The summed E-state index contributed by atoms with van der Waals surface area (Å²) in [7, 11) is 3.14. The molecule has 2 aromatic rings. The summed E-state index contributed by atoms with van der Waals surface area (Å²) in [6, 6.07) is 5.65. The molecule has 1 N–H and O–H groups in total. The number of nitrogens with zero attached hydrogens (tertiary/aromatic N) is 5. The first-order valence-corrected chi connectivity index (χ1v) is 12.7. The number of ether oxygens (including phenoxy) is 2. The molecule has 0 bridgehead atoms. The number of carbonyl (C=O) groups is 2. The Balaban J connectivity index is 1.43. The van der Waals surface area contributed by atoms with Crippen LogP contribution >= 0.6 is 0 Å². The van der Waals surface area contributed by atoms with Crippen LogP contribution < -0.4 is 14.8 Å². The smallest absolute Gasteiger partial charge is 0.246 e. The van der Waals surface area contributed by atoms with Crippen molar-refractivity contribution in [3.63, 3.8) is 0 Å². The summed E-state index contributed by atoms with van der Waals surface area (Å²) in [5.41, 5.74) is 0.706. The molecule has 0 radical (unpaired) electrons. The third-order valence-corrected chi connectivity index (χ3v) is 6.99. The van der Waals surface area contributed by atoms with Crippen molar-refractivity contribution in [2.45, 2.75) is 82.8 Å². The van der Waals surface area contributed by atoms with Crippen LogP contribution in [0.4, 0.5) is 0 Å². The van der Waals surface area contributed by atoms with E-state index in [-0.39, 0.29) is 37.0 Å². The summed E-state index contributed by atoms with van der Waals surface area (Å²) in [6.07, 6.45) is 10.7. The lowest BCUT2D eigenvalue weighted by molar-refractivity contribution is -0.140. The van der Waals surface area contributed by atoms with Gasteiger partial charge >= 0.3 is 0 Å². The fourth-order valence-corrected chi connectivity index (χ4v) is 5.10. The van der Waals surface area contributed by atoms with Gasteiger partial charge in [0.1, 0.15) is 6.54 Å². The lowest BCUT2D eigenvalue weighted by Gasteiger charge is -2.34. The molecule has 2 fully saturated rings. The minimum atomic E-state index is -0.160. The van der Waals surface area contributed by atoms with E-state index in [9.17, 15) is 9.59 Å². The van der Waals surface area contributed by atoms with Crippen LogP contribution in [0.2, 0.25) is 0 Å². The van der Waals surface area contributed by atoms with Gasteiger partial charge in [0.05, 0.1) is 20.8 Å². The summed E-state index contributed by atoms with van der Waals surface area (Å²) in [5.74, 6) is 1.32. The number of amides is 2. The molecule has 0 aliphatic heterocycles. The van der Waals surface area contributed by atoms with E-state index in [4.69, 9.17) is 9.47 Å². The molecule has 2 aliphatic rings. The quantitative estimate of drug-likeness (QED) is 0.582. The molecule has 2 aliphatic carbocycles. The lowest BCUT2D eigenvalue weighted by atomic mass is 9.93. The number of tetrazole rings is 1. The molecule has 0 unspecified atom stereocenters. The second-order valence-electron chi connectivity index (χ2n) is 9.43. The molecule has 0 spiro atoms. The van der Waals surface area contributed by atoms with Gasteiger partial charge in [-0.3, -0.25) is 9.59 Å². The Morgan fingerprint density at radius 2 is 1.69 bits per heavy atom. The maximum Gasteiger partial charge on any atom is 0.246 e. The molecule has 4 rings (SSSR count). The molecular weight excluding hydrogens is 448 g/mol. The van der Waals surface area contributed by atoms with E-state index in [2.05, 4.69) is 20.7 Å². The predicted molar refractivity (Wildman–Crippen MR) is 130 cm³/mol. The lowest BCUT2D eigenvalue weighted by Crippen LogP contribution is -2.50. The van der Waals surface area contributed by atoms with Crippen LogP contribution in [-0.4, -0.2) is 69.8 Å². The predicted octanol–water partition coefficient (Wildman–Crippen LogP) is 2.97. The van der Waals surface area contributed by atoms with E-state index < -0.39 is 0 Å². The fourth-order valence-electron chi connectivity index (χ4n) is 5.10. The molecule has 10 nitrogen and oxygen atoms in total. The van der Waals surface area contributed by atoms with Gasteiger partial charge in [-0.05, 0) is 49.1 Å². The van der Waals surface area contributed by atoms with Gasteiger partial charge in [-0.15, -0.1) is 10.2 Å². The van der Waals surface area contributed by atoms with Crippen molar-refractivity contribution in [1.82, 2.24) is 30.4 Å². The Kier molecular flexibility index (Phi) is 8.54. The minimum absolute atomic E-state index is 0.0620. The summed E-state index contributed by atoms with van der Waals surface area (Å²) in [5, 5.41) is 15.8. The van der Waals surface area contributed by atoms with Crippen molar-refractivity contribution in [1.29, 1.82) is 0 Å². The van der Waals surface area contributed by atoms with Crippen LogP contribution in [0.1, 0.15) is 64.2 Å². The summed E-state index contributed by atoms with van der Waals surface area (Å²) >= 11 is 0. The zero-order valence-electron chi connectivity index (χ0n) is 20.7. The number of methoxy groups -OCH3 is 2. The van der Waals surface area contributed by atoms with Gasteiger partial charge in [0, 0.05) is 17.6 Å². The van der Waals surface area contributed by atoms with E-state index in [1.807, 2.05) is 6.07 Å². The topological polar surface area (TPSA) is 111 Å². The van der Waals surface area contributed by atoms with Crippen molar-refractivity contribution in [2.24, 2.45) is 0 Å². The number of hydrogen-bond acceptors (Lipinski definition) is 7. The molecule has 10 heteroatoms. The number of carbonyl (C=O) groups excluding carboxylic acids is 2. The highest BCUT2D eigenvalue weighted by atomic mass is 16.5. The van der Waals surface area contributed by atoms with Crippen molar-refractivity contribution in [3.8, 4) is 22.9 Å². The Morgan fingerprint density at radius 3 is 2.37 bits per heavy atom. The number of nitrogens with one attached hydrogen (secondary N) is 1. The normalized spacial score (nSPS) is 17.1. The molecule has 1 aromatic heterocycles. The standard InChI is InChI=1S/C25H36N6O4/c1-34-21-14-13-18(15-22(21)35-2)25-27-29-31(28-25)17-24(33)30(20-11-7-4-8-12-20)16-23(32)26-19-9-5-3-6-10-19/h13-15,19-20H,3-12,16-17H2,1-2H3,(H,26,32). The van der Waals surface area contributed by atoms with Gasteiger partial charge < -0.3 is 19.7 Å². The van der Waals surface area contributed by atoms with Gasteiger partial charge in [-0.2, -0.15) is 4.80 Å². The summed E-state index contributed by atoms with van der Waals surface area (Å²) < 4.78 is 10.6. The SMILES string of the molecule is COc1ccc(-c2nnn(CC(=O)N(CC(=O)NC3CCCCC3)C3CCCCC3)n2)cc1OC. The second kappa shape index (κ2) is 12.0. The Hall–Kier alpha value is -3.17. The molecular formula is C25H36N6O4. The van der Waals surface area contributed by atoms with Crippen LogP contribution in [0.5, 0.6) is 11.5 Å². The van der Waals surface area contributed by atoms with E-state index in [0.29, 0.717) is 22.9 Å². The highest BCUT2D eigenvalue weighted by Crippen LogP contribution is 2.30. The number of benzene rings is 1. The third-order valence-electron chi connectivity index (χ3n) is 6.99. The van der Waals surface area contributed by atoms with Gasteiger partial charge in [0.2, 0.25) is 17.6 Å². The Labute approximate surface area is 206 Å². The summed E-state index contributed by atoms with van der Waals surface area (Å²) in [4.78, 5) is 29.2. The first-order valence-electron chi connectivity index (χ1n) is 12.7. The molecule has 0 atom stereocenters. The van der Waals surface area contributed by atoms with Crippen molar-refractivity contribution in [2.75, 3.05) is 20.8 Å². The van der Waals surface area contributed by atoms with Crippen molar-refractivity contribution in [3.05, 3.63) is 18.2 Å². The molecule has 2 saturated carbocycles. The zero-order valence-corrected chi connectivity index (χ0v) is 20.7. The second-order valence-corrected chi connectivity index (χ2v) is 9.43. The fraction of sp³-hybridized carbons (Fsp3) is 0.640. The van der Waals surface area contributed by atoms with Gasteiger partial charge in [-0.1, -0.05) is 38.5 Å². The molecule has 35 heavy (non-hydrogen) atoms. The first-order chi connectivity index (χ1) is 17.1. The third kappa shape index (κ3) is 6.49. The van der Waals surface area contributed by atoms with E-state index in [0.717, 1.165) is 51.4 Å². The highest BCUT2D eigenvalue weighted by Gasteiger charge is 2.29. The van der Waals surface area contributed by atoms with Gasteiger partial charge in [-0.25, -0.2) is 0 Å². The molecule has 2 amide bonds. The van der Waals surface area contributed by atoms with Crippen LogP contribution in [-0.2, 0) is 16.1 Å². The van der Waals surface area contributed by atoms with Crippen LogP contribution in [0.15, 0.2) is 18.2 Å². The molecule has 0 saturated heterocycles. The van der Waals surface area contributed by atoms with Gasteiger partial charge in [0.15, 0.2) is 11.5 Å². The first kappa shape index (κ1) is 24.9. The van der Waals surface area contributed by atoms with Crippen molar-refractivity contribution >= 4 is 11.8 Å². The van der Waals surface area contributed by atoms with Crippen LogP contribution in [0.25, 0.3) is 11.4 Å². The zero-order chi connectivity index (χ0) is 24.6. The van der Waals surface area contributed by atoms with Crippen LogP contribution in [0, 0.1) is 0 Å². The highest BCUT2D eigenvalue weighted by molar-refractivity contribution is 5.85. The van der Waals surface area contributed by atoms with Crippen molar-refractivity contribution < 1.29 is 19.1 Å². The van der Waals surface area contributed by atoms with E-state index >= 15 is 0 Å². The number of aromatic nitrogens is 4. The molecule has 190 valence electrons. The maximum absolute atomic E-state index is 13.4. The van der Waals surface area contributed by atoms with Crippen LogP contribution in [0.3, 0.4) is 0 Å². The maximum atomic E-state index is 13.4. The Morgan fingerprint density at radius 1 is 1.00 bits per heavy atom. The van der Waals surface area contributed by atoms with E-state index in [1.165, 1.54) is 17.6 Å². The average Bonchev–Trinajstić information content (AvgIpc) is 3.36. The van der Waals surface area contributed by atoms with E-state index in [1.54, 1.807) is 31.3 Å². The minimum Gasteiger partial charge on any atom is -0.493 e. The Bertz CT molecular complexity index is 998.